The van der Waals surface area contributed by atoms with Gasteiger partial charge in [-0.1, -0.05) is 29.8 Å². The molecule has 0 radical (unpaired) electrons. The molecule has 3 rings (SSSR count). The van der Waals surface area contributed by atoms with E-state index in [-0.39, 0.29) is 31.3 Å². The van der Waals surface area contributed by atoms with Crippen molar-refractivity contribution in [1.82, 2.24) is 5.32 Å². The standard InChI is InChI=1S/C26H32ClNO6.ClH/c1-2-33-23-11-8-18(15-22(23)27)5-3-4-14-34-21-9-6-19(7-10-21)17-28-20-12-13-26(16-20,24(29)30)25(31)32;/h6-11,15,20,28H,2-5,12-14,16-17H2,1H3,(H,29,30)(H,31,32);1H. The van der Waals surface area contributed by atoms with Crippen LogP contribution in [0.3, 0.4) is 0 Å². The molecular formula is C26H33Cl2NO6. The minimum absolute atomic E-state index is 0. The number of aliphatic carboxylic acids is 2. The number of unbranched alkanes of at least 4 members (excludes halogenated alkanes) is 1. The summed E-state index contributed by atoms with van der Waals surface area (Å²) in [6, 6.07) is 13.5. The van der Waals surface area contributed by atoms with Gasteiger partial charge in [0.15, 0.2) is 5.41 Å². The summed E-state index contributed by atoms with van der Waals surface area (Å²) in [5.41, 5.74) is 0.536. The van der Waals surface area contributed by atoms with Crippen molar-refractivity contribution >= 4 is 35.9 Å². The average molecular weight is 526 g/mol. The lowest BCUT2D eigenvalue weighted by atomic mass is 9.86. The molecule has 1 fully saturated rings. The van der Waals surface area contributed by atoms with Crippen molar-refractivity contribution in [2.45, 2.75) is 58.0 Å². The Kier molecular flexibility index (Phi) is 11.1. The molecule has 1 unspecified atom stereocenters. The van der Waals surface area contributed by atoms with Crippen molar-refractivity contribution in [2.24, 2.45) is 5.41 Å². The molecule has 0 saturated heterocycles. The largest absolute Gasteiger partial charge is 0.494 e. The lowest BCUT2D eigenvalue weighted by Crippen LogP contribution is -2.39. The molecule has 7 nitrogen and oxygen atoms in total. The molecule has 0 aliphatic heterocycles. The zero-order chi connectivity index (χ0) is 24.6. The third-order valence-corrected chi connectivity index (χ3v) is 6.57. The van der Waals surface area contributed by atoms with Gasteiger partial charge in [-0.3, -0.25) is 9.59 Å². The van der Waals surface area contributed by atoms with E-state index in [1.165, 1.54) is 5.56 Å². The topological polar surface area (TPSA) is 105 Å². The molecule has 3 N–H and O–H groups in total. The monoisotopic (exact) mass is 525 g/mol. The summed E-state index contributed by atoms with van der Waals surface area (Å²) >= 11 is 6.24. The molecular weight excluding hydrogens is 493 g/mol. The van der Waals surface area contributed by atoms with Crippen molar-refractivity contribution < 1.29 is 29.3 Å². The van der Waals surface area contributed by atoms with E-state index in [9.17, 15) is 19.8 Å². The lowest BCUT2D eigenvalue weighted by Gasteiger charge is -2.19. The number of carbonyl (C=O) groups is 2. The maximum atomic E-state index is 11.4. The predicted octanol–water partition coefficient (Wildman–Crippen LogP) is 5.36. The molecule has 0 amide bonds. The Morgan fingerprint density at radius 1 is 1.06 bits per heavy atom. The number of hydrogen-bond acceptors (Lipinski definition) is 5. The number of benzene rings is 2. The van der Waals surface area contributed by atoms with E-state index in [0.717, 1.165) is 30.6 Å². The fourth-order valence-electron chi connectivity index (χ4n) is 4.26. The Hall–Kier alpha value is -2.48. The summed E-state index contributed by atoms with van der Waals surface area (Å²) in [6.07, 6.45) is 3.61. The summed E-state index contributed by atoms with van der Waals surface area (Å²) in [4.78, 5) is 22.9. The average Bonchev–Trinajstić information content (AvgIpc) is 3.26. The molecule has 0 heterocycles. The van der Waals surface area contributed by atoms with Gasteiger partial charge in [-0.25, -0.2) is 0 Å². The number of carboxylic acid groups (broad SMARTS) is 2. The van der Waals surface area contributed by atoms with Crippen LogP contribution in [0.4, 0.5) is 0 Å². The van der Waals surface area contributed by atoms with Crippen molar-refractivity contribution in [3.63, 3.8) is 0 Å². The van der Waals surface area contributed by atoms with Crippen LogP contribution in [0.25, 0.3) is 0 Å². The van der Waals surface area contributed by atoms with Crippen LogP contribution in [0.2, 0.25) is 5.02 Å². The number of carboxylic acids is 2. The maximum Gasteiger partial charge on any atom is 0.321 e. The highest BCUT2D eigenvalue weighted by atomic mass is 35.5. The van der Waals surface area contributed by atoms with E-state index < -0.39 is 17.4 Å². The summed E-state index contributed by atoms with van der Waals surface area (Å²) < 4.78 is 11.3. The van der Waals surface area contributed by atoms with Crippen LogP contribution in [0, 0.1) is 5.41 Å². The first-order valence-corrected chi connectivity index (χ1v) is 12.0. The minimum Gasteiger partial charge on any atom is -0.494 e. The van der Waals surface area contributed by atoms with Gasteiger partial charge in [-0.15, -0.1) is 12.4 Å². The van der Waals surface area contributed by atoms with E-state index in [0.29, 0.717) is 37.0 Å². The fourth-order valence-corrected chi connectivity index (χ4v) is 4.52. The molecule has 35 heavy (non-hydrogen) atoms. The van der Waals surface area contributed by atoms with Gasteiger partial charge in [0.25, 0.3) is 0 Å². The molecule has 1 aliphatic rings. The van der Waals surface area contributed by atoms with Gasteiger partial charge in [0.2, 0.25) is 0 Å². The maximum absolute atomic E-state index is 11.4. The first-order chi connectivity index (χ1) is 16.3. The second-order valence-electron chi connectivity index (χ2n) is 8.66. The van der Waals surface area contributed by atoms with Crippen LogP contribution in [0.15, 0.2) is 42.5 Å². The van der Waals surface area contributed by atoms with Gasteiger partial charge < -0.3 is 25.0 Å². The highest BCUT2D eigenvalue weighted by Crippen LogP contribution is 2.39. The quantitative estimate of drug-likeness (QED) is 0.238. The van der Waals surface area contributed by atoms with E-state index in [1.807, 2.05) is 49.4 Å². The number of nitrogens with one attached hydrogen (secondary N) is 1. The molecule has 2 aromatic rings. The predicted molar refractivity (Wildman–Crippen MR) is 137 cm³/mol. The highest BCUT2D eigenvalue weighted by molar-refractivity contribution is 6.32. The van der Waals surface area contributed by atoms with Crippen LogP contribution < -0.4 is 14.8 Å². The van der Waals surface area contributed by atoms with Gasteiger partial charge in [0.1, 0.15) is 11.5 Å². The van der Waals surface area contributed by atoms with Crippen molar-refractivity contribution in [3.05, 3.63) is 58.6 Å². The van der Waals surface area contributed by atoms with Crippen molar-refractivity contribution in [1.29, 1.82) is 0 Å². The first-order valence-electron chi connectivity index (χ1n) is 11.7. The molecule has 0 aromatic heterocycles. The zero-order valence-corrected chi connectivity index (χ0v) is 21.4. The molecule has 2 aromatic carbocycles. The number of aryl methyl sites for hydroxylation is 1. The van der Waals surface area contributed by atoms with E-state index in [1.54, 1.807) is 0 Å². The summed E-state index contributed by atoms with van der Waals surface area (Å²) in [5.74, 6) is -1.00. The molecule has 1 saturated carbocycles. The van der Waals surface area contributed by atoms with Crippen LogP contribution >= 0.6 is 24.0 Å². The Bertz CT molecular complexity index is 968. The Morgan fingerprint density at radius 3 is 2.34 bits per heavy atom. The third kappa shape index (κ3) is 7.75. The van der Waals surface area contributed by atoms with Gasteiger partial charge in [-0.2, -0.15) is 0 Å². The van der Waals surface area contributed by atoms with Crippen LogP contribution in [0.1, 0.15) is 50.2 Å². The second kappa shape index (κ2) is 13.6. The van der Waals surface area contributed by atoms with E-state index >= 15 is 0 Å². The van der Waals surface area contributed by atoms with E-state index in [4.69, 9.17) is 21.1 Å². The smallest absolute Gasteiger partial charge is 0.321 e. The summed E-state index contributed by atoms with van der Waals surface area (Å²) in [6.45, 7) is 3.69. The highest BCUT2D eigenvalue weighted by Gasteiger charge is 2.51. The summed E-state index contributed by atoms with van der Waals surface area (Å²) in [5, 5.41) is 22.6. The lowest BCUT2D eigenvalue weighted by molar-refractivity contribution is -0.164. The van der Waals surface area contributed by atoms with Crippen LogP contribution in [0.5, 0.6) is 11.5 Å². The second-order valence-corrected chi connectivity index (χ2v) is 9.07. The number of hydrogen-bond donors (Lipinski definition) is 3. The molecule has 1 aliphatic carbocycles. The molecule has 0 spiro atoms. The Morgan fingerprint density at radius 2 is 1.74 bits per heavy atom. The SMILES string of the molecule is CCOc1ccc(CCCCOc2ccc(CNC3CCC(C(=O)O)(C(=O)O)C3)cc2)cc1Cl.Cl. The summed E-state index contributed by atoms with van der Waals surface area (Å²) in [7, 11) is 0. The van der Waals surface area contributed by atoms with Gasteiger partial charge in [-0.05, 0) is 80.8 Å². The van der Waals surface area contributed by atoms with Crippen molar-refractivity contribution in [3.8, 4) is 11.5 Å². The van der Waals surface area contributed by atoms with Gasteiger partial charge >= 0.3 is 11.9 Å². The van der Waals surface area contributed by atoms with Crippen LogP contribution in [-0.4, -0.2) is 41.4 Å². The first kappa shape index (κ1) is 28.8. The normalized spacial score (nSPS) is 16.3. The molecule has 1 atom stereocenters. The van der Waals surface area contributed by atoms with Crippen LogP contribution in [-0.2, 0) is 22.6 Å². The number of halogens is 2. The molecule has 192 valence electrons. The number of rotatable bonds is 13. The van der Waals surface area contributed by atoms with Gasteiger partial charge in [0.05, 0.1) is 18.2 Å². The van der Waals surface area contributed by atoms with Gasteiger partial charge in [0, 0.05) is 12.6 Å². The molecule has 0 bridgehead atoms. The minimum atomic E-state index is -1.67. The number of ether oxygens (including phenoxy) is 2. The Labute approximate surface area is 217 Å². The molecule has 9 heteroatoms. The van der Waals surface area contributed by atoms with E-state index in [2.05, 4.69) is 5.32 Å². The zero-order valence-electron chi connectivity index (χ0n) is 19.8. The fraction of sp³-hybridized carbons (Fsp3) is 0.462. The van der Waals surface area contributed by atoms with Crippen molar-refractivity contribution in [2.75, 3.05) is 13.2 Å². The Balaban J connectivity index is 0.00000432. The third-order valence-electron chi connectivity index (χ3n) is 6.28.